The highest BCUT2D eigenvalue weighted by atomic mass is 16.1. The van der Waals surface area contributed by atoms with Crippen LogP contribution in [0, 0.1) is 5.92 Å². The zero-order chi connectivity index (χ0) is 22.2. The molecule has 0 spiro atoms. The zero-order valence-electron chi connectivity index (χ0n) is 18.6. The smallest absolute Gasteiger partial charge is 0.224 e. The summed E-state index contributed by atoms with van der Waals surface area (Å²) in [6.45, 7) is 2.85. The van der Waals surface area contributed by atoms with Gasteiger partial charge in [-0.15, -0.1) is 0 Å². The number of nitrogens with zero attached hydrogens (tertiary/aromatic N) is 3. The number of benzene rings is 1. The number of likely N-dealkylation sites (tertiary alicyclic amines) is 1. The van der Waals surface area contributed by atoms with Crippen molar-refractivity contribution in [2.45, 2.75) is 31.8 Å². The number of aromatic nitrogens is 2. The molecule has 166 valence electrons. The van der Waals surface area contributed by atoms with E-state index in [1.165, 1.54) is 5.56 Å². The fourth-order valence-electron chi connectivity index (χ4n) is 4.48. The molecule has 0 radical (unpaired) electrons. The van der Waals surface area contributed by atoms with Crippen LogP contribution >= 0.6 is 0 Å². The van der Waals surface area contributed by atoms with E-state index in [0.717, 1.165) is 49.6 Å². The maximum atomic E-state index is 12.9. The van der Waals surface area contributed by atoms with Crippen molar-refractivity contribution in [1.82, 2.24) is 20.2 Å². The molecule has 1 saturated heterocycles. The topological polar surface area (TPSA) is 70.2 Å². The Morgan fingerprint density at radius 2 is 1.75 bits per heavy atom. The Morgan fingerprint density at radius 1 is 1.00 bits per heavy atom. The van der Waals surface area contributed by atoms with E-state index in [4.69, 9.17) is 0 Å². The molecule has 1 aliphatic rings. The molecule has 1 amide bonds. The molecular formula is C26H31N5O. The van der Waals surface area contributed by atoms with Gasteiger partial charge in [0.25, 0.3) is 0 Å². The third kappa shape index (κ3) is 5.71. The number of piperidine rings is 1. The molecule has 0 bridgehead atoms. The lowest BCUT2D eigenvalue weighted by atomic mass is 9.87. The summed E-state index contributed by atoms with van der Waals surface area (Å²) >= 11 is 0. The van der Waals surface area contributed by atoms with Crippen molar-refractivity contribution in [2.75, 3.05) is 25.5 Å². The summed E-state index contributed by atoms with van der Waals surface area (Å²) in [5.74, 6) is 1.34. The zero-order valence-corrected chi connectivity index (χ0v) is 18.6. The Labute approximate surface area is 190 Å². The van der Waals surface area contributed by atoms with E-state index in [1.54, 1.807) is 0 Å². The van der Waals surface area contributed by atoms with Crippen LogP contribution in [0.4, 0.5) is 5.82 Å². The van der Waals surface area contributed by atoms with Crippen LogP contribution in [0.15, 0.2) is 73.1 Å². The quantitative estimate of drug-likeness (QED) is 0.570. The van der Waals surface area contributed by atoms with Crippen molar-refractivity contribution in [1.29, 1.82) is 0 Å². The second-order valence-electron chi connectivity index (χ2n) is 8.34. The number of carbonyl (C=O) groups is 1. The normalized spacial score (nSPS) is 15.8. The standard InChI is InChI=1S/C26H31N5O/c1-27-26-22(10-7-15-29-26)19-31-16-12-21(13-17-31)25(23-11-5-6-14-28-23)30-24(32)18-20-8-3-2-4-9-20/h2-11,14-15,21,25H,12-13,16-19H2,1H3,(H,27,29)(H,30,32)/t25-/m0/s1. The minimum Gasteiger partial charge on any atom is -0.373 e. The summed E-state index contributed by atoms with van der Waals surface area (Å²) in [6, 6.07) is 19.9. The van der Waals surface area contributed by atoms with Crippen LogP contribution in [-0.4, -0.2) is 40.9 Å². The van der Waals surface area contributed by atoms with Crippen molar-refractivity contribution in [2.24, 2.45) is 5.92 Å². The Kier molecular flexibility index (Phi) is 7.46. The largest absolute Gasteiger partial charge is 0.373 e. The van der Waals surface area contributed by atoms with Gasteiger partial charge in [0.15, 0.2) is 0 Å². The Bertz CT molecular complexity index is 987. The molecule has 3 aromatic rings. The van der Waals surface area contributed by atoms with Crippen LogP contribution < -0.4 is 10.6 Å². The minimum absolute atomic E-state index is 0.0447. The van der Waals surface area contributed by atoms with Gasteiger partial charge in [-0.3, -0.25) is 14.7 Å². The van der Waals surface area contributed by atoms with Crippen LogP contribution in [0.3, 0.4) is 0 Å². The lowest BCUT2D eigenvalue weighted by Crippen LogP contribution is -2.41. The third-order valence-electron chi connectivity index (χ3n) is 6.16. The van der Waals surface area contributed by atoms with E-state index in [0.29, 0.717) is 12.3 Å². The predicted molar refractivity (Wildman–Crippen MR) is 127 cm³/mol. The highest BCUT2D eigenvalue weighted by molar-refractivity contribution is 5.79. The van der Waals surface area contributed by atoms with Crippen molar-refractivity contribution in [3.05, 3.63) is 89.9 Å². The van der Waals surface area contributed by atoms with E-state index in [2.05, 4.69) is 31.6 Å². The number of hydrogen-bond acceptors (Lipinski definition) is 5. The minimum atomic E-state index is -0.0687. The van der Waals surface area contributed by atoms with E-state index >= 15 is 0 Å². The van der Waals surface area contributed by atoms with Crippen LogP contribution in [0.2, 0.25) is 0 Å². The molecule has 32 heavy (non-hydrogen) atoms. The Hall–Kier alpha value is -3.25. The van der Waals surface area contributed by atoms with Crippen LogP contribution in [0.5, 0.6) is 0 Å². The molecule has 6 heteroatoms. The predicted octanol–water partition coefficient (Wildman–Crippen LogP) is 3.83. The lowest BCUT2D eigenvalue weighted by molar-refractivity contribution is -0.121. The number of rotatable bonds is 8. The first-order valence-corrected chi connectivity index (χ1v) is 11.3. The number of pyridine rings is 2. The van der Waals surface area contributed by atoms with E-state index in [9.17, 15) is 4.79 Å². The second-order valence-corrected chi connectivity index (χ2v) is 8.34. The first-order valence-electron chi connectivity index (χ1n) is 11.3. The van der Waals surface area contributed by atoms with Crippen LogP contribution in [-0.2, 0) is 17.8 Å². The molecule has 1 fully saturated rings. The van der Waals surface area contributed by atoms with Crippen LogP contribution in [0.1, 0.15) is 35.7 Å². The van der Waals surface area contributed by atoms with Gasteiger partial charge in [-0.1, -0.05) is 42.5 Å². The number of amides is 1. The second kappa shape index (κ2) is 10.9. The fourth-order valence-corrected chi connectivity index (χ4v) is 4.48. The summed E-state index contributed by atoms with van der Waals surface area (Å²) in [4.78, 5) is 24.3. The van der Waals surface area contributed by atoms with Crippen molar-refractivity contribution in [3.8, 4) is 0 Å². The molecule has 6 nitrogen and oxygen atoms in total. The van der Waals surface area contributed by atoms with E-state index < -0.39 is 0 Å². The average molecular weight is 430 g/mol. The number of carbonyl (C=O) groups excluding carboxylic acids is 1. The molecule has 1 aliphatic heterocycles. The summed E-state index contributed by atoms with van der Waals surface area (Å²) in [6.07, 6.45) is 6.04. The summed E-state index contributed by atoms with van der Waals surface area (Å²) in [7, 11) is 1.91. The van der Waals surface area contributed by atoms with Gasteiger partial charge >= 0.3 is 0 Å². The third-order valence-corrected chi connectivity index (χ3v) is 6.16. The van der Waals surface area contributed by atoms with Crippen molar-refractivity contribution >= 4 is 11.7 Å². The van der Waals surface area contributed by atoms with E-state index in [1.807, 2.05) is 74.0 Å². The first-order chi connectivity index (χ1) is 15.7. The molecule has 0 aliphatic carbocycles. The summed E-state index contributed by atoms with van der Waals surface area (Å²) in [5, 5.41) is 6.48. The molecular weight excluding hydrogens is 398 g/mol. The number of anilines is 1. The van der Waals surface area contributed by atoms with Crippen LogP contribution in [0.25, 0.3) is 0 Å². The first kappa shape index (κ1) is 22.0. The molecule has 2 aromatic heterocycles. The van der Waals surface area contributed by atoms with Gasteiger partial charge in [0.1, 0.15) is 5.82 Å². The van der Waals surface area contributed by atoms with Gasteiger partial charge in [-0.25, -0.2) is 4.98 Å². The van der Waals surface area contributed by atoms with Crippen molar-refractivity contribution in [3.63, 3.8) is 0 Å². The lowest BCUT2D eigenvalue weighted by Gasteiger charge is -2.36. The Morgan fingerprint density at radius 3 is 2.47 bits per heavy atom. The van der Waals surface area contributed by atoms with Gasteiger partial charge in [-0.05, 0) is 55.6 Å². The highest BCUT2D eigenvalue weighted by Crippen LogP contribution is 2.31. The molecule has 2 N–H and O–H groups in total. The summed E-state index contributed by atoms with van der Waals surface area (Å²) < 4.78 is 0. The molecule has 0 unspecified atom stereocenters. The van der Waals surface area contributed by atoms with Gasteiger partial charge in [-0.2, -0.15) is 0 Å². The summed E-state index contributed by atoms with van der Waals surface area (Å²) in [5.41, 5.74) is 3.18. The maximum absolute atomic E-state index is 12.9. The molecule has 3 heterocycles. The number of hydrogen-bond donors (Lipinski definition) is 2. The van der Waals surface area contributed by atoms with Gasteiger partial charge < -0.3 is 10.6 Å². The average Bonchev–Trinajstić information content (AvgIpc) is 2.85. The molecule has 1 atom stereocenters. The molecule has 0 saturated carbocycles. The van der Waals surface area contributed by atoms with Gasteiger partial charge in [0, 0.05) is 31.5 Å². The van der Waals surface area contributed by atoms with Crippen molar-refractivity contribution < 1.29 is 4.79 Å². The maximum Gasteiger partial charge on any atom is 0.224 e. The molecule has 1 aromatic carbocycles. The highest BCUT2D eigenvalue weighted by Gasteiger charge is 2.30. The SMILES string of the molecule is CNc1ncccc1CN1CCC([C@H](NC(=O)Cc2ccccc2)c2ccccn2)CC1. The van der Waals surface area contributed by atoms with E-state index in [-0.39, 0.29) is 11.9 Å². The van der Waals surface area contributed by atoms with Gasteiger partial charge in [0.2, 0.25) is 5.91 Å². The monoisotopic (exact) mass is 429 g/mol. The molecule has 4 rings (SSSR count). The fraction of sp³-hybridized carbons (Fsp3) is 0.346. The Balaban J connectivity index is 1.40. The van der Waals surface area contributed by atoms with Gasteiger partial charge in [0.05, 0.1) is 18.2 Å². The number of nitrogens with one attached hydrogen (secondary N) is 2.